The summed E-state index contributed by atoms with van der Waals surface area (Å²) in [5.41, 5.74) is 3.35. The van der Waals surface area contributed by atoms with E-state index in [0.29, 0.717) is 17.0 Å². The first-order valence-corrected chi connectivity index (χ1v) is 8.60. The lowest BCUT2D eigenvalue weighted by Gasteiger charge is -2.35. The fourth-order valence-electron chi connectivity index (χ4n) is 3.49. The Balaban J connectivity index is 1.58. The Hall–Kier alpha value is -2.24. The van der Waals surface area contributed by atoms with E-state index in [1.54, 1.807) is 12.1 Å². The van der Waals surface area contributed by atoms with Gasteiger partial charge in [0.05, 0.1) is 12.2 Å². The number of nitrogens with zero attached hydrogens (tertiary/aromatic N) is 2. The number of ether oxygens (including phenoxy) is 1. The third-order valence-corrected chi connectivity index (χ3v) is 4.42. The lowest BCUT2D eigenvalue weighted by molar-refractivity contribution is -0.0704. The summed E-state index contributed by atoms with van der Waals surface area (Å²) < 4.78 is 25.0. The molecule has 0 N–H and O–H groups in total. The van der Waals surface area contributed by atoms with Gasteiger partial charge in [0.2, 0.25) is 5.89 Å². The molecule has 0 radical (unpaired) electrons. The number of rotatable bonds is 3. The van der Waals surface area contributed by atoms with E-state index in [9.17, 15) is 4.39 Å². The van der Waals surface area contributed by atoms with Gasteiger partial charge in [-0.1, -0.05) is 12.1 Å². The monoisotopic (exact) mass is 340 g/mol. The Morgan fingerprint density at radius 2 is 1.92 bits per heavy atom. The molecule has 1 aliphatic heterocycles. The van der Waals surface area contributed by atoms with Crippen molar-refractivity contribution < 1.29 is 13.5 Å². The molecular formula is C20H21FN2O2. The first kappa shape index (κ1) is 16.2. The van der Waals surface area contributed by atoms with Gasteiger partial charge in [-0.25, -0.2) is 9.37 Å². The Morgan fingerprint density at radius 3 is 2.68 bits per heavy atom. The highest BCUT2D eigenvalue weighted by Crippen LogP contribution is 2.26. The number of hydrogen-bond acceptors (Lipinski definition) is 4. The Labute approximate surface area is 146 Å². The predicted molar refractivity (Wildman–Crippen MR) is 94.7 cm³/mol. The molecule has 0 aliphatic carbocycles. The van der Waals surface area contributed by atoms with Crippen LogP contribution in [0.15, 0.2) is 46.9 Å². The molecule has 2 atom stereocenters. The molecule has 2 heterocycles. The summed E-state index contributed by atoms with van der Waals surface area (Å²) in [7, 11) is 0. The van der Waals surface area contributed by atoms with Gasteiger partial charge in [-0.15, -0.1) is 0 Å². The van der Waals surface area contributed by atoms with Gasteiger partial charge in [-0.3, -0.25) is 4.90 Å². The molecule has 1 fully saturated rings. The fraction of sp³-hybridized carbons (Fsp3) is 0.350. The SMILES string of the molecule is C[C@H]1CN(Cc2ccc3oc(-c4cccc(F)c4)nc3c2)C[C@H](C)O1. The second-order valence-corrected chi connectivity index (χ2v) is 6.78. The van der Waals surface area contributed by atoms with E-state index in [1.807, 2.05) is 12.1 Å². The third kappa shape index (κ3) is 3.57. The predicted octanol–water partition coefficient (Wildman–Crippen LogP) is 4.24. The molecule has 1 aliphatic rings. The number of hydrogen-bond donors (Lipinski definition) is 0. The molecule has 0 unspecified atom stereocenters. The quantitative estimate of drug-likeness (QED) is 0.715. The van der Waals surface area contributed by atoms with Gasteiger partial charge >= 0.3 is 0 Å². The summed E-state index contributed by atoms with van der Waals surface area (Å²) in [5, 5.41) is 0. The number of aromatic nitrogens is 1. The normalized spacial score (nSPS) is 21.7. The number of halogens is 1. The van der Waals surface area contributed by atoms with Crippen LogP contribution in [0.25, 0.3) is 22.6 Å². The molecule has 5 heteroatoms. The van der Waals surface area contributed by atoms with Crippen molar-refractivity contribution in [3.05, 3.63) is 53.8 Å². The fourth-order valence-corrected chi connectivity index (χ4v) is 3.49. The van der Waals surface area contributed by atoms with E-state index in [4.69, 9.17) is 9.15 Å². The highest BCUT2D eigenvalue weighted by atomic mass is 19.1. The van der Waals surface area contributed by atoms with Crippen LogP contribution in [0.1, 0.15) is 19.4 Å². The highest BCUT2D eigenvalue weighted by molar-refractivity contribution is 5.76. The van der Waals surface area contributed by atoms with Crippen LogP contribution in [-0.4, -0.2) is 35.2 Å². The third-order valence-electron chi connectivity index (χ3n) is 4.42. The minimum Gasteiger partial charge on any atom is -0.436 e. The average Bonchev–Trinajstić information content (AvgIpc) is 2.97. The second-order valence-electron chi connectivity index (χ2n) is 6.78. The summed E-state index contributed by atoms with van der Waals surface area (Å²) in [6.07, 6.45) is 0.498. The number of morpholine rings is 1. The van der Waals surface area contributed by atoms with Crippen LogP contribution in [0.4, 0.5) is 4.39 Å². The van der Waals surface area contributed by atoms with E-state index >= 15 is 0 Å². The van der Waals surface area contributed by atoms with Crippen molar-refractivity contribution in [2.75, 3.05) is 13.1 Å². The molecule has 2 aromatic carbocycles. The molecule has 3 aromatic rings. The first-order chi connectivity index (χ1) is 12.1. The van der Waals surface area contributed by atoms with Crippen LogP contribution in [0.2, 0.25) is 0 Å². The number of benzene rings is 2. The first-order valence-electron chi connectivity index (χ1n) is 8.60. The lowest BCUT2D eigenvalue weighted by atomic mass is 10.1. The molecule has 25 heavy (non-hydrogen) atoms. The lowest BCUT2D eigenvalue weighted by Crippen LogP contribution is -2.44. The van der Waals surface area contributed by atoms with Gasteiger partial charge in [-0.2, -0.15) is 0 Å². The van der Waals surface area contributed by atoms with Crippen LogP contribution in [0.3, 0.4) is 0 Å². The maximum atomic E-state index is 13.4. The Morgan fingerprint density at radius 1 is 1.12 bits per heavy atom. The molecule has 1 aromatic heterocycles. The zero-order valence-electron chi connectivity index (χ0n) is 14.4. The van der Waals surface area contributed by atoms with Gasteiger partial charge in [0.1, 0.15) is 11.3 Å². The summed E-state index contributed by atoms with van der Waals surface area (Å²) in [6.45, 7) is 6.92. The number of fused-ring (bicyclic) bond motifs is 1. The van der Waals surface area contributed by atoms with Gasteiger partial charge in [0.15, 0.2) is 5.58 Å². The minimum atomic E-state index is -0.295. The van der Waals surface area contributed by atoms with Crippen molar-refractivity contribution in [3.8, 4) is 11.5 Å². The van der Waals surface area contributed by atoms with Gasteiger partial charge in [0, 0.05) is 25.2 Å². The van der Waals surface area contributed by atoms with E-state index in [1.165, 1.54) is 17.7 Å². The molecular weight excluding hydrogens is 319 g/mol. The summed E-state index contributed by atoms with van der Waals surface area (Å²) in [6, 6.07) is 12.3. The Kier molecular flexibility index (Phi) is 4.27. The summed E-state index contributed by atoms with van der Waals surface area (Å²) >= 11 is 0. The van der Waals surface area contributed by atoms with Gasteiger partial charge < -0.3 is 9.15 Å². The van der Waals surface area contributed by atoms with Crippen molar-refractivity contribution in [3.63, 3.8) is 0 Å². The maximum Gasteiger partial charge on any atom is 0.227 e. The zero-order valence-corrected chi connectivity index (χ0v) is 14.4. The van der Waals surface area contributed by atoms with E-state index < -0.39 is 0 Å². The van der Waals surface area contributed by atoms with Crippen molar-refractivity contribution in [2.45, 2.75) is 32.6 Å². The van der Waals surface area contributed by atoms with Crippen molar-refractivity contribution in [2.24, 2.45) is 0 Å². The topological polar surface area (TPSA) is 38.5 Å². The molecule has 1 saturated heterocycles. The van der Waals surface area contributed by atoms with E-state index in [2.05, 4.69) is 29.8 Å². The molecule has 0 amide bonds. The van der Waals surface area contributed by atoms with Gasteiger partial charge in [0.25, 0.3) is 0 Å². The van der Waals surface area contributed by atoms with Crippen LogP contribution in [0, 0.1) is 5.82 Å². The highest BCUT2D eigenvalue weighted by Gasteiger charge is 2.22. The van der Waals surface area contributed by atoms with Crippen molar-refractivity contribution in [1.29, 1.82) is 0 Å². The van der Waals surface area contributed by atoms with E-state index in [0.717, 1.165) is 25.2 Å². The summed E-state index contributed by atoms with van der Waals surface area (Å²) in [4.78, 5) is 6.93. The van der Waals surface area contributed by atoms with Crippen LogP contribution in [-0.2, 0) is 11.3 Å². The Bertz CT molecular complexity index is 882. The molecule has 130 valence electrons. The second kappa shape index (κ2) is 6.58. The van der Waals surface area contributed by atoms with Gasteiger partial charge in [-0.05, 0) is 49.7 Å². The van der Waals surface area contributed by atoms with E-state index in [-0.39, 0.29) is 18.0 Å². The largest absolute Gasteiger partial charge is 0.436 e. The van der Waals surface area contributed by atoms with Crippen molar-refractivity contribution >= 4 is 11.1 Å². The smallest absolute Gasteiger partial charge is 0.227 e. The maximum absolute atomic E-state index is 13.4. The zero-order chi connectivity index (χ0) is 17.4. The molecule has 4 rings (SSSR count). The summed E-state index contributed by atoms with van der Waals surface area (Å²) in [5.74, 6) is 0.149. The average molecular weight is 340 g/mol. The standard InChI is InChI=1S/C20H21FN2O2/c1-13-10-23(11-14(2)24-13)12-15-6-7-19-18(8-15)22-20(25-19)16-4-3-5-17(21)9-16/h3-9,13-14H,10-12H2,1-2H3/t13-,14-/m0/s1. The van der Waals surface area contributed by atoms with Crippen LogP contribution >= 0.6 is 0 Å². The molecule has 0 bridgehead atoms. The molecule has 4 nitrogen and oxygen atoms in total. The minimum absolute atomic E-state index is 0.249. The van der Waals surface area contributed by atoms with Crippen molar-refractivity contribution in [1.82, 2.24) is 9.88 Å². The van der Waals surface area contributed by atoms with Crippen LogP contribution < -0.4 is 0 Å². The van der Waals surface area contributed by atoms with Crippen LogP contribution in [0.5, 0.6) is 0 Å². The number of oxazole rings is 1. The molecule has 0 saturated carbocycles. The molecule has 0 spiro atoms.